The van der Waals surface area contributed by atoms with Gasteiger partial charge >= 0.3 is 0 Å². The summed E-state index contributed by atoms with van der Waals surface area (Å²) in [6.07, 6.45) is 3.88. The zero-order valence-corrected chi connectivity index (χ0v) is 15.4. The molecule has 1 heterocycles. The van der Waals surface area contributed by atoms with Crippen LogP contribution in [0.2, 0.25) is 0 Å². The van der Waals surface area contributed by atoms with Crippen LogP contribution in [-0.2, 0) is 11.3 Å². The topological polar surface area (TPSA) is 62.6 Å². The Morgan fingerprint density at radius 3 is 2.50 bits per heavy atom. The lowest BCUT2D eigenvalue weighted by Gasteiger charge is -2.23. The lowest BCUT2D eigenvalue weighted by molar-refractivity contribution is -0.132. The minimum Gasteiger partial charge on any atom is -0.459 e. The Kier molecular flexibility index (Phi) is 5.76. The third-order valence-electron chi connectivity index (χ3n) is 4.68. The third kappa shape index (κ3) is 4.75. The Morgan fingerprint density at radius 1 is 1.19 bits per heavy atom. The van der Waals surface area contributed by atoms with Crippen molar-refractivity contribution in [3.8, 4) is 0 Å². The summed E-state index contributed by atoms with van der Waals surface area (Å²) >= 11 is 0. The summed E-state index contributed by atoms with van der Waals surface area (Å²) in [7, 11) is 0. The van der Waals surface area contributed by atoms with E-state index in [2.05, 4.69) is 43.4 Å². The van der Waals surface area contributed by atoms with Crippen LogP contribution in [0.25, 0.3) is 0 Å². The van der Waals surface area contributed by atoms with E-state index < -0.39 is 0 Å². The summed E-state index contributed by atoms with van der Waals surface area (Å²) < 4.78 is 5.05. The highest BCUT2D eigenvalue weighted by Gasteiger charge is 2.32. The number of benzene rings is 1. The fourth-order valence-electron chi connectivity index (χ4n) is 2.93. The molecule has 1 N–H and O–H groups in total. The van der Waals surface area contributed by atoms with Crippen LogP contribution in [0.1, 0.15) is 60.7 Å². The molecule has 0 aliphatic heterocycles. The summed E-state index contributed by atoms with van der Waals surface area (Å²) in [6.45, 7) is 5.29. The first-order chi connectivity index (χ1) is 12.5. The maximum Gasteiger partial charge on any atom is 0.286 e. The Morgan fingerprint density at radius 2 is 1.92 bits per heavy atom. The van der Waals surface area contributed by atoms with Crippen molar-refractivity contribution in [2.75, 3.05) is 6.54 Å². The van der Waals surface area contributed by atoms with Gasteiger partial charge in [0.05, 0.1) is 6.26 Å². The van der Waals surface area contributed by atoms with Gasteiger partial charge in [-0.3, -0.25) is 9.59 Å². The molecule has 0 unspecified atom stereocenters. The molecule has 5 heteroatoms. The van der Waals surface area contributed by atoms with Crippen molar-refractivity contribution in [2.24, 2.45) is 0 Å². The SMILES string of the molecule is CC(C)c1ccc(CN(C(=O)CCNC(=O)c2ccco2)C2CC2)cc1. The van der Waals surface area contributed by atoms with Crippen LogP contribution >= 0.6 is 0 Å². The second kappa shape index (κ2) is 8.21. The smallest absolute Gasteiger partial charge is 0.286 e. The molecule has 0 saturated heterocycles. The zero-order valence-electron chi connectivity index (χ0n) is 15.4. The lowest BCUT2D eigenvalue weighted by atomic mass is 10.0. The molecule has 5 nitrogen and oxygen atoms in total. The van der Waals surface area contributed by atoms with E-state index in [0.717, 1.165) is 18.4 Å². The van der Waals surface area contributed by atoms with Crippen molar-refractivity contribution >= 4 is 11.8 Å². The largest absolute Gasteiger partial charge is 0.459 e. The second-order valence-electron chi connectivity index (χ2n) is 7.13. The predicted molar refractivity (Wildman–Crippen MR) is 99.8 cm³/mol. The van der Waals surface area contributed by atoms with Gasteiger partial charge in [-0.25, -0.2) is 0 Å². The molecule has 0 spiro atoms. The van der Waals surface area contributed by atoms with E-state index in [1.165, 1.54) is 11.8 Å². The number of nitrogens with zero attached hydrogens (tertiary/aromatic N) is 1. The summed E-state index contributed by atoms with van der Waals surface area (Å²) in [5, 5.41) is 2.73. The van der Waals surface area contributed by atoms with Crippen LogP contribution in [0.5, 0.6) is 0 Å². The average Bonchev–Trinajstić information content (AvgIpc) is 3.32. The monoisotopic (exact) mass is 354 g/mol. The van der Waals surface area contributed by atoms with Crippen molar-refractivity contribution < 1.29 is 14.0 Å². The summed E-state index contributed by atoms with van der Waals surface area (Å²) in [5.41, 5.74) is 2.45. The number of carbonyl (C=O) groups excluding carboxylic acids is 2. The Bertz CT molecular complexity index is 731. The van der Waals surface area contributed by atoms with E-state index in [1.54, 1.807) is 12.1 Å². The highest BCUT2D eigenvalue weighted by molar-refractivity contribution is 5.91. The molecule has 0 atom stereocenters. The molecule has 1 saturated carbocycles. The molecule has 1 aromatic heterocycles. The van der Waals surface area contributed by atoms with Crippen molar-refractivity contribution in [1.29, 1.82) is 0 Å². The van der Waals surface area contributed by atoms with E-state index in [1.807, 2.05) is 4.90 Å². The van der Waals surface area contributed by atoms with E-state index in [4.69, 9.17) is 4.42 Å². The lowest BCUT2D eigenvalue weighted by Crippen LogP contribution is -2.35. The van der Waals surface area contributed by atoms with E-state index in [0.29, 0.717) is 31.5 Å². The molecule has 2 aromatic rings. The Labute approximate surface area is 154 Å². The van der Waals surface area contributed by atoms with Crippen molar-refractivity contribution in [3.05, 3.63) is 59.5 Å². The van der Waals surface area contributed by atoms with Gasteiger partial charge in [-0.05, 0) is 42.0 Å². The van der Waals surface area contributed by atoms with Crippen LogP contribution in [0, 0.1) is 0 Å². The molecular formula is C21H26N2O3. The van der Waals surface area contributed by atoms with Gasteiger partial charge in [0, 0.05) is 25.6 Å². The first kappa shape index (κ1) is 18.2. The molecule has 1 aliphatic carbocycles. The molecule has 1 fully saturated rings. The second-order valence-corrected chi connectivity index (χ2v) is 7.13. The number of nitrogens with one attached hydrogen (secondary N) is 1. The number of hydrogen-bond donors (Lipinski definition) is 1. The van der Waals surface area contributed by atoms with Crippen LogP contribution in [0.15, 0.2) is 47.1 Å². The molecule has 0 radical (unpaired) electrons. The number of rotatable bonds is 8. The quantitative estimate of drug-likeness (QED) is 0.786. The summed E-state index contributed by atoms with van der Waals surface area (Å²) in [4.78, 5) is 26.4. The third-order valence-corrected chi connectivity index (χ3v) is 4.68. The van der Waals surface area contributed by atoms with Crippen molar-refractivity contribution in [1.82, 2.24) is 10.2 Å². The van der Waals surface area contributed by atoms with Crippen LogP contribution in [0.4, 0.5) is 0 Å². The van der Waals surface area contributed by atoms with Gasteiger partial charge in [0.25, 0.3) is 5.91 Å². The minimum absolute atomic E-state index is 0.0835. The maximum atomic E-state index is 12.6. The summed E-state index contributed by atoms with van der Waals surface area (Å²) in [6, 6.07) is 12.1. The van der Waals surface area contributed by atoms with Gasteiger partial charge in [0.2, 0.25) is 5.91 Å². The average molecular weight is 354 g/mol. The fourth-order valence-corrected chi connectivity index (χ4v) is 2.93. The Balaban J connectivity index is 1.52. The number of carbonyl (C=O) groups is 2. The zero-order chi connectivity index (χ0) is 18.5. The van der Waals surface area contributed by atoms with E-state index in [9.17, 15) is 9.59 Å². The van der Waals surface area contributed by atoms with Gasteiger partial charge in [0.15, 0.2) is 5.76 Å². The van der Waals surface area contributed by atoms with Gasteiger partial charge in [-0.15, -0.1) is 0 Å². The van der Waals surface area contributed by atoms with E-state index >= 15 is 0 Å². The first-order valence-electron chi connectivity index (χ1n) is 9.24. The standard InChI is InChI=1S/C21H26N2O3/c1-15(2)17-7-5-16(6-8-17)14-23(18-9-10-18)20(24)11-12-22-21(25)19-4-3-13-26-19/h3-8,13,15,18H,9-12,14H2,1-2H3,(H,22,25). The molecule has 1 aliphatic rings. The molecule has 0 bridgehead atoms. The molecule has 2 amide bonds. The van der Waals surface area contributed by atoms with Crippen LogP contribution in [0.3, 0.4) is 0 Å². The number of hydrogen-bond acceptors (Lipinski definition) is 3. The number of amides is 2. The van der Waals surface area contributed by atoms with E-state index in [-0.39, 0.29) is 17.6 Å². The fraction of sp³-hybridized carbons (Fsp3) is 0.429. The normalized spacial score (nSPS) is 13.7. The van der Waals surface area contributed by atoms with Gasteiger partial charge in [-0.1, -0.05) is 38.1 Å². The van der Waals surface area contributed by atoms with Gasteiger partial charge in [0.1, 0.15) is 0 Å². The predicted octanol–water partition coefficient (Wildman–Crippen LogP) is 3.71. The van der Waals surface area contributed by atoms with Crippen LogP contribution < -0.4 is 5.32 Å². The van der Waals surface area contributed by atoms with Gasteiger partial charge in [-0.2, -0.15) is 0 Å². The number of furan rings is 1. The molecule has 3 rings (SSSR count). The molecule has 138 valence electrons. The molecule has 1 aromatic carbocycles. The summed E-state index contributed by atoms with van der Waals surface area (Å²) in [5.74, 6) is 0.565. The highest BCUT2D eigenvalue weighted by Crippen LogP contribution is 2.29. The van der Waals surface area contributed by atoms with Gasteiger partial charge < -0.3 is 14.6 Å². The Hall–Kier alpha value is -2.56. The van der Waals surface area contributed by atoms with Crippen molar-refractivity contribution in [2.45, 2.75) is 51.6 Å². The first-order valence-corrected chi connectivity index (χ1v) is 9.24. The minimum atomic E-state index is -0.287. The maximum absolute atomic E-state index is 12.6. The van der Waals surface area contributed by atoms with Crippen molar-refractivity contribution in [3.63, 3.8) is 0 Å². The molecule has 26 heavy (non-hydrogen) atoms. The highest BCUT2D eigenvalue weighted by atomic mass is 16.3. The molecular weight excluding hydrogens is 328 g/mol. The van der Waals surface area contributed by atoms with Crippen LogP contribution in [-0.4, -0.2) is 29.3 Å².